The molecule has 55 heavy (non-hydrogen) atoms. The number of hydrogen-bond donors (Lipinski definition) is 6. The maximum atomic E-state index is 12.8. The van der Waals surface area contributed by atoms with Crippen molar-refractivity contribution < 1.29 is 63.1 Å². The Morgan fingerprint density at radius 2 is 0.927 bits per heavy atom. The molecule has 0 aromatic heterocycles. The third-order valence-electron chi connectivity index (χ3n) is 10.1. The van der Waals surface area contributed by atoms with Crippen molar-refractivity contribution in [3.63, 3.8) is 0 Å². The van der Waals surface area contributed by atoms with Gasteiger partial charge in [0.2, 0.25) is 0 Å². The first kappa shape index (κ1) is 51.6. The highest BCUT2D eigenvalue weighted by molar-refractivity contribution is 7.47. The van der Waals surface area contributed by atoms with Gasteiger partial charge < -0.3 is 39.9 Å². The van der Waals surface area contributed by atoms with Crippen LogP contribution in [0.2, 0.25) is 0 Å². The number of aliphatic hydroxyl groups is 5. The fourth-order valence-corrected chi connectivity index (χ4v) is 7.55. The molecule has 0 bridgehead atoms. The molecule has 6 unspecified atom stereocenters. The van der Waals surface area contributed by atoms with Crippen LogP contribution in [0.4, 0.5) is 0 Å². The summed E-state index contributed by atoms with van der Waals surface area (Å²) in [6.07, 6.45) is 18.5. The van der Waals surface area contributed by atoms with Crippen LogP contribution in [-0.2, 0) is 32.7 Å². The number of carbonyl (C=O) groups excluding carboxylic acids is 2. The zero-order valence-electron chi connectivity index (χ0n) is 34.0. The van der Waals surface area contributed by atoms with Crippen LogP contribution >= 0.6 is 7.82 Å². The van der Waals surface area contributed by atoms with Gasteiger partial charge in [-0.1, -0.05) is 142 Å². The summed E-state index contributed by atoms with van der Waals surface area (Å²) in [4.78, 5) is 35.5. The topological polar surface area (TPSA) is 210 Å². The van der Waals surface area contributed by atoms with Gasteiger partial charge in [0.15, 0.2) is 6.10 Å². The zero-order chi connectivity index (χ0) is 40.7. The summed E-state index contributed by atoms with van der Waals surface area (Å²) in [6.45, 7) is 3.26. The molecule has 1 saturated carbocycles. The van der Waals surface area contributed by atoms with Crippen LogP contribution in [0.1, 0.15) is 181 Å². The van der Waals surface area contributed by atoms with Crippen LogP contribution in [0.15, 0.2) is 12.2 Å². The third-order valence-corrected chi connectivity index (χ3v) is 11.1. The van der Waals surface area contributed by atoms with E-state index in [2.05, 4.69) is 26.0 Å². The minimum Gasteiger partial charge on any atom is -0.462 e. The molecule has 1 rings (SSSR count). The molecule has 6 N–H and O–H groups in total. The highest BCUT2D eigenvalue weighted by Crippen LogP contribution is 2.47. The number of unbranched alkanes of at least 4 members (excludes halogenated alkanes) is 21. The summed E-state index contributed by atoms with van der Waals surface area (Å²) in [7, 11) is -5.11. The van der Waals surface area contributed by atoms with Crippen LogP contribution in [0, 0.1) is 0 Å². The Morgan fingerprint density at radius 3 is 1.42 bits per heavy atom. The molecule has 324 valence electrons. The standard InChI is InChI=1S/C41H77O13P/c1-3-5-7-9-11-13-15-17-18-20-22-24-26-28-30-35(43)53-33(31-51-34(42)29-27-25-23-21-19-16-14-12-10-8-6-4-2)32-52-55(49,50)54-41-39(47)37(45)36(44)38(46)40(41)48/h12,14,33,36-41,44-48H,3-11,13,15-32H2,1-2H3,(H,49,50)/b14-12+/t33-,36?,37-,38?,39?,40?,41?/m1/s1. The maximum absolute atomic E-state index is 12.8. The number of phosphoric acid groups is 1. The van der Waals surface area contributed by atoms with Crippen molar-refractivity contribution >= 4 is 19.8 Å². The van der Waals surface area contributed by atoms with E-state index in [1.807, 2.05) is 0 Å². The van der Waals surface area contributed by atoms with Crippen molar-refractivity contribution in [3.8, 4) is 0 Å². The molecule has 0 aliphatic heterocycles. The third kappa shape index (κ3) is 25.5. The second-order valence-electron chi connectivity index (χ2n) is 15.2. The van der Waals surface area contributed by atoms with Crippen LogP contribution in [-0.4, -0.2) is 98.3 Å². The van der Waals surface area contributed by atoms with E-state index in [9.17, 15) is 44.6 Å². The number of esters is 2. The van der Waals surface area contributed by atoms with Gasteiger partial charge in [-0.15, -0.1) is 0 Å². The van der Waals surface area contributed by atoms with Crippen molar-refractivity contribution in [2.75, 3.05) is 13.2 Å². The fraction of sp³-hybridized carbons (Fsp3) is 0.902. The molecule has 1 aliphatic rings. The predicted molar refractivity (Wildman–Crippen MR) is 212 cm³/mol. The van der Waals surface area contributed by atoms with Crippen LogP contribution < -0.4 is 0 Å². The Morgan fingerprint density at radius 1 is 0.545 bits per heavy atom. The second kappa shape index (κ2) is 32.5. The monoisotopic (exact) mass is 809 g/mol. The lowest BCUT2D eigenvalue weighted by Gasteiger charge is -2.41. The summed E-state index contributed by atoms with van der Waals surface area (Å²) in [5.41, 5.74) is 0. The van der Waals surface area contributed by atoms with Gasteiger partial charge in [0.05, 0.1) is 6.61 Å². The largest absolute Gasteiger partial charge is 0.472 e. The van der Waals surface area contributed by atoms with Gasteiger partial charge in [-0.25, -0.2) is 4.57 Å². The average molecular weight is 809 g/mol. The quantitative estimate of drug-likeness (QED) is 0.0159. The normalized spacial score (nSPS) is 23.1. The first-order valence-corrected chi connectivity index (χ1v) is 23.0. The van der Waals surface area contributed by atoms with Crippen molar-refractivity contribution in [2.45, 2.75) is 224 Å². The molecular formula is C41H77O13P. The molecule has 1 aliphatic carbocycles. The Bertz CT molecular complexity index is 1030. The van der Waals surface area contributed by atoms with Gasteiger partial charge in [-0.05, 0) is 38.5 Å². The molecular weight excluding hydrogens is 731 g/mol. The second-order valence-corrected chi connectivity index (χ2v) is 16.6. The SMILES string of the molecule is CCCCC/C=C/CCCCCCCC(=O)OC[C@H](COP(=O)(O)OC1C(O)C(O)C(O)[C@@H](O)C1O)OC(=O)CCCCCCCCCCCCCCCC. The Hall–Kier alpha value is -1.41. The highest BCUT2D eigenvalue weighted by Gasteiger charge is 2.51. The minimum absolute atomic E-state index is 0.100. The van der Waals surface area contributed by atoms with E-state index in [1.54, 1.807) is 0 Å². The van der Waals surface area contributed by atoms with Gasteiger partial charge in [0, 0.05) is 12.8 Å². The van der Waals surface area contributed by atoms with Crippen molar-refractivity contribution in [1.82, 2.24) is 0 Å². The van der Waals surface area contributed by atoms with E-state index in [0.29, 0.717) is 12.8 Å². The van der Waals surface area contributed by atoms with Crippen molar-refractivity contribution in [2.24, 2.45) is 0 Å². The van der Waals surface area contributed by atoms with E-state index in [1.165, 1.54) is 83.5 Å². The summed E-state index contributed by atoms with van der Waals surface area (Å²) >= 11 is 0. The van der Waals surface area contributed by atoms with E-state index in [0.717, 1.165) is 57.8 Å². The minimum atomic E-state index is -5.11. The molecule has 0 spiro atoms. The molecule has 0 aromatic rings. The fourth-order valence-electron chi connectivity index (χ4n) is 6.58. The lowest BCUT2D eigenvalue weighted by atomic mass is 9.85. The van der Waals surface area contributed by atoms with E-state index < -0.39 is 75.7 Å². The lowest BCUT2D eigenvalue weighted by Crippen LogP contribution is -2.64. The molecule has 1 fully saturated rings. The number of phosphoric ester groups is 1. The number of aliphatic hydroxyl groups excluding tert-OH is 5. The number of hydrogen-bond acceptors (Lipinski definition) is 12. The average Bonchev–Trinajstić information content (AvgIpc) is 3.16. The number of allylic oxidation sites excluding steroid dienone is 2. The molecule has 13 nitrogen and oxygen atoms in total. The smallest absolute Gasteiger partial charge is 0.462 e. The van der Waals surface area contributed by atoms with Gasteiger partial charge in [0.1, 0.15) is 43.2 Å². The van der Waals surface area contributed by atoms with Crippen LogP contribution in [0.25, 0.3) is 0 Å². The van der Waals surface area contributed by atoms with Gasteiger partial charge in [-0.3, -0.25) is 18.6 Å². The van der Waals surface area contributed by atoms with Crippen LogP contribution in [0.5, 0.6) is 0 Å². The van der Waals surface area contributed by atoms with Crippen molar-refractivity contribution in [3.05, 3.63) is 12.2 Å². The zero-order valence-corrected chi connectivity index (χ0v) is 34.9. The van der Waals surface area contributed by atoms with E-state index in [-0.39, 0.29) is 12.8 Å². The van der Waals surface area contributed by atoms with Gasteiger partial charge in [0.25, 0.3) is 0 Å². The highest BCUT2D eigenvalue weighted by atomic mass is 31.2. The molecule has 0 saturated heterocycles. The number of rotatable bonds is 35. The number of carbonyl (C=O) groups is 2. The lowest BCUT2D eigenvalue weighted by molar-refractivity contribution is -0.220. The molecule has 0 amide bonds. The molecule has 0 heterocycles. The number of ether oxygens (including phenoxy) is 2. The van der Waals surface area contributed by atoms with E-state index >= 15 is 0 Å². The summed E-state index contributed by atoms with van der Waals surface area (Å²) < 4.78 is 33.4. The Balaban J connectivity index is 2.50. The Kier molecular flexibility index (Phi) is 30.5. The van der Waals surface area contributed by atoms with Gasteiger partial charge >= 0.3 is 19.8 Å². The van der Waals surface area contributed by atoms with Crippen molar-refractivity contribution in [1.29, 1.82) is 0 Å². The Labute approximate surface area is 331 Å². The van der Waals surface area contributed by atoms with Gasteiger partial charge in [-0.2, -0.15) is 0 Å². The maximum Gasteiger partial charge on any atom is 0.472 e. The molecule has 8 atom stereocenters. The molecule has 14 heteroatoms. The predicted octanol–water partition coefficient (Wildman–Crippen LogP) is 7.50. The molecule has 0 radical (unpaired) electrons. The summed E-state index contributed by atoms with van der Waals surface area (Å²) in [5, 5.41) is 50.0. The summed E-state index contributed by atoms with van der Waals surface area (Å²) in [5.74, 6) is -1.10. The first-order chi connectivity index (χ1) is 26.4. The van der Waals surface area contributed by atoms with E-state index in [4.69, 9.17) is 18.5 Å². The summed E-state index contributed by atoms with van der Waals surface area (Å²) in [6, 6.07) is 0. The first-order valence-electron chi connectivity index (χ1n) is 21.5. The molecule has 0 aromatic carbocycles. The van der Waals surface area contributed by atoms with Crippen LogP contribution in [0.3, 0.4) is 0 Å².